The number of rotatable bonds is 1. The van der Waals surface area contributed by atoms with Crippen LogP contribution in [-0.2, 0) is 0 Å². The summed E-state index contributed by atoms with van der Waals surface area (Å²) in [6.45, 7) is 9.26. The van der Waals surface area contributed by atoms with Crippen LogP contribution in [0.3, 0.4) is 0 Å². The molecule has 0 aromatic rings. The van der Waals surface area contributed by atoms with Crippen LogP contribution in [0.1, 0.15) is 27.7 Å². The van der Waals surface area contributed by atoms with E-state index >= 15 is 0 Å². The second-order valence-electron chi connectivity index (χ2n) is 3.56. The van der Waals surface area contributed by atoms with Crippen LogP contribution < -0.4 is 5.73 Å². The molecule has 0 spiro atoms. The maximum Gasteiger partial charge on any atom is 0.0134 e. The van der Waals surface area contributed by atoms with Gasteiger partial charge in [-0.15, -0.1) is 0 Å². The maximum absolute atomic E-state index is 5.41. The maximum atomic E-state index is 5.41. The molecule has 1 heteroatoms. The van der Waals surface area contributed by atoms with E-state index in [4.69, 9.17) is 5.73 Å². The Morgan fingerprint density at radius 2 is 1.89 bits per heavy atom. The third kappa shape index (κ3) is 5.57. The van der Waals surface area contributed by atoms with Gasteiger partial charge in [-0.05, 0) is 12.3 Å². The number of nitrogens with two attached hydrogens (primary N) is 1. The van der Waals surface area contributed by atoms with Crippen molar-refractivity contribution in [3.8, 4) is 0 Å². The van der Waals surface area contributed by atoms with Crippen molar-refractivity contribution in [1.29, 1.82) is 0 Å². The van der Waals surface area contributed by atoms with Crippen molar-refractivity contribution in [2.45, 2.75) is 27.7 Å². The van der Waals surface area contributed by atoms with Gasteiger partial charge in [0.25, 0.3) is 0 Å². The van der Waals surface area contributed by atoms with Crippen molar-refractivity contribution in [3.63, 3.8) is 0 Å². The first kappa shape index (κ1) is 8.70. The van der Waals surface area contributed by atoms with Crippen LogP contribution in [-0.4, -0.2) is 6.54 Å². The molecule has 9 heavy (non-hydrogen) atoms. The first-order valence-electron chi connectivity index (χ1n) is 3.34. The molecule has 1 nitrogen and oxygen atoms in total. The predicted molar refractivity (Wildman–Crippen MR) is 42.3 cm³/mol. The van der Waals surface area contributed by atoms with Crippen LogP contribution in [0.5, 0.6) is 0 Å². The van der Waals surface area contributed by atoms with Crippen LogP contribution >= 0.6 is 0 Å². The lowest BCUT2D eigenvalue weighted by Crippen LogP contribution is -2.06. The van der Waals surface area contributed by atoms with Gasteiger partial charge in [-0.2, -0.15) is 0 Å². The second kappa shape index (κ2) is 3.02. The molecule has 0 aromatic carbocycles. The van der Waals surface area contributed by atoms with E-state index in [2.05, 4.69) is 33.8 Å². The van der Waals surface area contributed by atoms with Gasteiger partial charge in [-0.3, -0.25) is 0 Å². The van der Waals surface area contributed by atoms with Crippen LogP contribution in [0, 0.1) is 5.41 Å². The summed E-state index contributed by atoms with van der Waals surface area (Å²) in [5.74, 6) is 0. The molecule has 0 saturated carbocycles. The molecule has 0 bridgehead atoms. The molecular formula is C8H17N. The molecule has 0 aliphatic heterocycles. The number of hydrogen-bond donors (Lipinski definition) is 1. The van der Waals surface area contributed by atoms with Crippen molar-refractivity contribution in [2.75, 3.05) is 6.54 Å². The molecule has 0 unspecified atom stereocenters. The van der Waals surface area contributed by atoms with Gasteiger partial charge in [-0.25, -0.2) is 0 Å². The molecule has 2 N–H and O–H groups in total. The largest absolute Gasteiger partial charge is 0.327 e. The monoisotopic (exact) mass is 127 g/mol. The van der Waals surface area contributed by atoms with Gasteiger partial charge < -0.3 is 5.73 Å². The zero-order chi connectivity index (χ0) is 7.49. The van der Waals surface area contributed by atoms with Crippen molar-refractivity contribution < 1.29 is 0 Å². The Bertz CT molecular complexity index is 106. The highest BCUT2D eigenvalue weighted by Crippen LogP contribution is 2.16. The molecule has 0 fully saturated rings. The molecule has 0 heterocycles. The topological polar surface area (TPSA) is 26.0 Å². The molecule has 0 amide bonds. The van der Waals surface area contributed by atoms with E-state index in [-0.39, 0.29) is 5.41 Å². The number of allylic oxidation sites excluding steroid dienone is 1. The van der Waals surface area contributed by atoms with Crippen LogP contribution in [0.25, 0.3) is 0 Å². The van der Waals surface area contributed by atoms with E-state index < -0.39 is 0 Å². The molecule has 0 atom stereocenters. The zero-order valence-electron chi connectivity index (χ0n) is 6.86. The molecule has 0 saturated heterocycles. The summed E-state index contributed by atoms with van der Waals surface area (Å²) in [6.07, 6.45) is 2.20. The third-order valence-corrected chi connectivity index (χ3v) is 1.00. The van der Waals surface area contributed by atoms with Gasteiger partial charge >= 0.3 is 0 Å². The second-order valence-corrected chi connectivity index (χ2v) is 3.56. The minimum atomic E-state index is 0.281. The zero-order valence-corrected chi connectivity index (χ0v) is 6.86. The fraction of sp³-hybridized carbons (Fsp3) is 0.750. The summed E-state index contributed by atoms with van der Waals surface area (Å²) >= 11 is 0. The molecule has 0 aliphatic rings. The lowest BCUT2D eigenvalue weighted by molar-refractivity contribution is 0.539. The van der Waals surface area contributed by atoms with E-state index in [0.717, 1.165) is 0 Å². The SMILES string of the molecule is C/C(=C\C(C)(C)C)CN. The molecular weight excluding hydrogens is 110 g/mol. The Morgan fingerprint density at radius 1 is 1.44 bits per heavy atom. The summed E-state index contributed by atoms with van der Waals surface area (Å²) in [6, 6.07) is 0. The van der Waals surface area contributed by atoms with E-state index in [1.165, 1.54) is 5.57 Å². The summed E-state index contributed by atoms with van der Waals surface area (Å²) in [4.78, 5) is 0. The standard InChI is InChI=1S/C8H17N/c1-7(6-9)5-8(2,3)4/h5H,6,9H2,1-4H3/b7-5+. The lowest BCUT2D eigenvalue weighted by atomic mass is 9.94. The summed E-state index contributed by atoms with van der Waals surface area (Å²) in [5.41, 5.74) is 6.96. The first-order chi connectivity index (χ1) is 3.95. The van der Waals surface area contributed by atoms with Crippen molar-refractivity contribution in [2.24, 2.45) is 11.1 Å². The molecule has 0 aromatic heterocycles. The average Bonchev–Trinajstić information content (AvgIpc) is 1.62. The van der Waals surface area contributed by atoms with Gasteiger partial charge in [0.15, 0.2) is 0 Å². The van der Waals surface area contributed by atoms with Crippen molar-refractivity contribution >= 4 is 0 Å². The van der Waals surface area contributed by atoms with Crippen LogP contribution in [0.2, 0.25) is 0 Å². The normalized spacial score (nSPS) is 14.1. The fourth-order valence-corrected chi connectivity index (χ4v) is 0.798. The van der Waals surface area contributed by atoms with E-state index in [1.54, 1.807) is 0 Å². The Labute approximate surface area is 57.9 Å². The van der Waals surface area contributed by atoms with Gasteiger partial charge in [0, 0.05) is 6.54 Å². The van der Waals surface area contributed by atoms with Gasteiger partial charge in [0.1, 0.15) is 0 Å². The smallest absolute Gasteiger partial charge is 0.0134 e. The Balaban J connectivity index is 3.95. The highest BCUT2D eigenvalue weighted by molar-refractivity contribution is 5.04. The fourth-order valence-electron chi connectivity index (χ4n) is 0.798. The predicted octanol–water partition coefficient (Wildman–Crippen LogP) is 1.94. The summed E-state index contributed by atoms with van der Waals surface area (Å²) < 4.78 is 0. The molecule has 54 valence electrons. The third-order valence-electron chi connectivity index (χ3n) is 1.00. The molecule has 0 aliphatic carbocycles. The summed E-state index contributed by atoms with van der Waals surface area (Å²) in [7, 11) is 0. The first-order valence-corrected chi connectivity index (χ1v) is 3.34. The van der Waals surface area contributed by atoms with E-state index in [9.17, 15) is 0 Å². The van der Waals surface area contributed by atoms with Crippen molar-refractivity contribution in [3.05, 3.63) is 11.6 Å². The quantitative estimate of drug-likeness (QED) is 0.535. The van der Waals surface area contributed by atoms with Gasteiger partial charge in [0.2, 0.25) is 0 Å². The van der Waals surface area contributed by atoms with Crippen LogP contribution in [0.15, 0.2) is 11.6 Å². The number of hydrogen-bond acceptors (Lipinski definition) is 1. The van der Waals surface area contributed by atoms with Gasteiger partial charge in [0.05, 0.1) is 0 Å². The minimum absolute atomic E-state index is 0.281. The Hall–Kier alpha value is -0.300. The molecule has 0 radical (unpaired) electrons. The summed E-state index contributed by atoms with van der Waals surface area (Å²) in [5, 5.41) is 0. The Kier molecular flexibility index (Phi) is 2.92. The lowest BCUT2D eigenvalue weighted by Gasteiger charge is -2.12. The minimum Gasteiger partial charge on any atom is -0.327 e. The van der Waals surface area contributed by atoms with E-state index in [1.807, 2.05) is 0 Å². The highest BCUT2D eigenvalue weighted by atomic mass is 14.5. The molecule has 0 rings (SSSR count). The Morgan fingerprint density at radius 3 is 2.00 bits per heavy atom. The average molecular weight is 127 g/mol. The van der Waals surface area contributed by atoms with Gasteiger partial charge in [-0.1, -0.05) is 32.4 Å². The van der Waals surface area contributed by atoms with Crippen LogP contribution in [0.4, 0.5) is 0 Å². The van der Waals surface area contributed by atoms with E-state index in [0.29, 0.717) is 6.54 Å². The highest BCUT2D eigenvalue weighted by Gasteiger charge is 2.04. The van der Waals surface area contributed by atoms with Crippen molar-refractivity contribution in [1.82, 2.24) is 0 Å².